The second-order valence-corrected chi connectivity index (χ2v) is 8.17. The molecule has 142 valence electrons. The molecule has 0 radical (unpaired) electrons. The van der Waals surface area contributed by atoms with E-state index in [0.29, 0.717) is 6.61 Å². The predicted molar refractivity (Wildman–Crippen MR) is 108 cm³/mol. The number of hydrogen-bond acceptors (Lipinski definition) is 5. The summed E-state index contributed by atoms with van der Waals surface area (Å²) in [5.41, 5.74) is 3.50. The number of rotatable bonds is 5. The van der Waals surface area contributed by atoms with Crippen molar-refractivity contribution in [2.45, 2.75) is 33.2 Å². The highest BCUT2D eigenvalue weighted by Crippen LogP contribution is 2.28. The van der Waals surface area contributed by atoms with Gasteiger partial charge in [0.25, 0.3) is 0 Å². The lowest BCUT2D eigenvalue weighted by atomic mass is 9.98. The molecule has 1 unspecified atom stereocenters. The van der Waals surface area contributed by atoms with Gasteiger partial charge >= 0.3 is 5.97 Å². The second-order valence-electron chi connectivity index (χ2n) is 7.16. The van der Waals surface area contributed by atoms with Crippen LogP contribution in [0.5, 0.6) is 0 Å². The molecule has 1 fully saturated rings. The van der Waals surface area contributed by atoms with E-state index in [9.17, 15) is 4.79 Å². The zero-order chi connectivity index (χ0) is 18.8. The number of carbonyl (C=O) groups is 1. The molecule has 1 saturated heterocycles. The lowest BCUT2D eigenvalue weighted by Gasteiger charge is -2.31. The van der Waals surface area contributed by atoms with E-state index < -0.39 is 0 Å². The molecule has 2 aromatic heterocycles. The van der Waals surface area contributed by atoms with Gasteiger partial charge in [-0.25, -0.2) is 4.98 Å². The second kappa shape index (κ2) is 7.82. The maximum atomic E-state index is 12.1. The van der Waals surface area contributed by atoms with Crippen LogP contribution in [0.3, 0.4) is 0 Å². The number of fused-ring (bicyclic) bond motifs is 1. The molecule has 1 aromatic carbocycles. The van der Waals surface area contributed by atoms with Crippen LogP contribution >= 0.6 is 11.3 Å². The normalized spacial score (nSPS) is 18.1. The van der Waals surface area contributed by atoms with Gasteiger partial charge in [-0.1, -0.05) is 17.4 Å². The molecule has 4 rings (SSSR count). The summed E-state index contributed by atoms with van der Waals surface area (Å²) in [4.78, 5) is 19.3. The summed E-state index contributed by atoms with van der Waals surface area (Å²) >= 11 is 1.72. The van der Waals surface area contributed by atoms with Crippen LogP contribution in [0.2, 0.25) is 0 Å². The topological polar surface area (TPSA) is 47.4 Å². The van der Waals surface area contributed by atoms with Crippen LogP contribution < -0.4 is 0 Å². The van der Waals surface area contributed by atoms with Gasteiger partial charge in [-0.3, -0.25) is 14.3 Å². The van der Waals surface area contributed by atoms with Gasteiger partial charge in [0.15, 0.2) is 5.13 Å². The molecule has 3 heterocycles. The van der Waals surface area contributed by atoms with Crippen LogP contribution in [0, 0.1) is 12.8 Å². The first kappa shape index (κ1) is 18.2. The standard InChI is InChI=1S/C21H25N3O2S/c1-3-26-20(25)16-6-4-10-23(13-16)14-17-7-5-11-24(17)21-22-18-9-8-15(2)12-19(18)27-21/h5,7-9,11-12,16H,3-4,6,10,13-14H2,1-2H3. The number of benzene rings is 1. The Morgan fingerprint density at radius 1 is 1.37 bits per heavy atom. The minimum atomic E-state index is -0.0564. The molecule has 0 bridgehead atoms. The molecule has 1 atom stereocenters. The van der Waals surface area contributed by atoms with E-state index in [4.69, 9.17) is 9.72 Å². The molecule has 0 saturated carbocycles. The van der Waals surface area contributed by atoms with Crippen molar-refractivity contribution in [3.8, 4) is 5.13 Å². The van der Waals surface area contributed by atoms with Crippen LogP contribution in [0.1, 0.15) is 31.0 Å². The van der Waals surface area contributed by atoms with E-state index in [1.165, 1.54) is 16.0 Å². The Hall–Kier alpha value is -2.18. The summed E-state index contributed by atoms with van der Waals surface area (Å²) in [6.07, 6.45) is 4.03. The lowest BCUT2D eigenvalue weighted by molar-refractivity contribution is -0.150. The maximum absolute atomic E-state index is 12.1. The number of ether oxygens (including phenoxy) is 1. The van der Waals surface area contributed by atoms with Crippen molar-refractivity contribution in [1.29, 1.82) is 0 Å². The fourth-order valence-electron chi connectivity index (χ4n) is 3.74. The lowest BCUT2D eigenvalue weighted by Crippen LogP contribution is -2.39. The fraction of sp³-hybridized carbons (Fsp3) is 0.429. The van der Waals surface area contributed by atoms with E-state index >= 15 is 0 Å². The first-order chi connectivity index (χ1) is 13.1. The number of esters is 1. The summed E-state index contributed by atoms with van der Waals surface area (Å²) in [6, 6.07) is 10.6. The third-order valence-electron chi connectivity index (χ3n) is 5.08. The average Bonchev–Trinajstić information content (AvgIpc) is 3.28. The first-order valence-corrected chi connectivity index (χ1v) is 10.4. The van der Waals surface area contributed by atoms with Gasteiger partial charge in [-0.05, 0) is 63.1 Å². The van der Waals surface area contributed by atoms with Crippen LogP contribution in [-0.4, -0.2) is 40.1 Å². The third-order valence-corrected chi connectivity index (χ3v) is 6.10. The number of likely N-dealkylation sites (tertiary alicyclic amines) is 1. The highest BCUT2D eigenvalue weighted by Gasteiger charge is 2.27. The predicted octanol–water partition coefficient (Wildman–Crippen LogP) is 4.17. The van der Waals surface area contributed by atoms with E-state index in [0.717, 1.165) is 43.1 Å². The molecule has 5 nitrogen and oxygen atoms in total. The Balaban J connectivity index is 1.52. The Bertz CT molecular complexity index is 946. The van der Waals surface area contributed by atoms with Crippen molar-refractivity contribution in [2.75, 3.05) is 19.7 Å². The van der Waals surface area contributed by atoms with Gasteiger partial charge in [-0.2, -0.15) is 0 Å². The highest BCUT2D eigenvalue weighted by atomic mass is 32.1. The number of piperidine rings is 1. The zero-order valence-electron chi connectivity index (χ0n) is 15.9. The van der Waals surface area contributed by atoms with E-state index in [2.05, 4.69) is 52.9 Å². The molecular formula is C21H25N3O2S. The number of hydrogen-bond donors (Lipinski definition) is 0. The summed E-state index contributed by atoms with van der Waals surface area (Å²) in [7, 11) is 0. The van der Waals surface area contributed by atoms with Gasteiger partial charge in [0, 0.05) is 25.0 Å². The van der Waals surface area contributed by atoms with Crippen LogP contribution in [0.25, 0.3) is 15.3 Å². The van der Waals surface area contributed by atoms with Crippen molar-refractivity contribution in [2.24, 2.45) is 5.92 Å². The molecule has 0 spiro atoms. The van der Waals surface area contributed by atoms with E-state index in [1.54, 1.807) is 11.3 Å². The monoisotopic (exact) mass is 383 g/mol. The number of carbonyl (C=O) groups excluding carboxylic acids is 1. The van der Waals surface area contributed by atoms with Crippen molar-refractivity contribution < 1.29 is 9.53 Å². The van der Waals surface area contributed by atoms with Gasteiger partial charge in [0.1, 0.15) is 0 Å². The van der Waals surface area contributed by atoms with Gasteiger partial charge in [0.2, 0.25) is 0 Å². The molecule has 0 N–H and O–H groups in total. The fourth-order valence-corrected chi connectivity index (χ4v) is 4.82. The summed E-state index contributed by atoms with van der Waals surface area (Å²) in [5, 5.41) is 0.995. The maximum Gasteiger partial charge on any atom is 0.310 e. The summed E-state index contributed by atoms with van der Waals surface area (Å²) < 4.78 is 8.61. The SMILES string of the molecule is CCOC(=O)C1CCCN(Cc2cccn2-c2nc3ccc(C)cc3s2)C1. The Labute approximate surface area is 163 Å². The van der Waals surface area contributed by atoms with Crippen LogP contribution in [-0.2, 0) is 16.1 Å². The average molecular weight is 384 g/mol. The van der Waals surface area contributed by atoms with Gasteiger partial charge < -0.3 is 4.74 Å². The smallest absolute Gasteiger partial charge is 0.310 e. The largest absolute Gasteiger partial charge is 0.466 e. The molecule has 3 aromatic rings. The van der Waals surface area contributed by atoms with E-state index in [1.807, 2.05) is 6.92 Å². The molecule has 0 amide bonds. The van der Waals surface area contributed by atoms with Crippen LogP contribution in [0.15, 0.2) is 36.5 Å². The number of aryl methyl sites for hydroxylation is 1. The summed E-state index contributed by atoms with van der Waals surface area (Å²) in [5.74, 6) is -0.0633. The minimum absolute atomic E-state index is 0.00691. The molecule has 1 aliphatic rings. The Morgan fingerprint density at radius 3 is 3.11 bits per heavy atom. The van der Waals surface area contributed by atoms with Crippen molar-refractivity contribution in [1.82, 2.24) is 14.5 Å². The van der Waals surface area contributed by atoms with Crippen molar-refractivity contribution >= 4 is 27.5 Å². The molecule has 27 heavy (non-hydrogen) atoms. The van der Waals surface area contributed by atoms with E-state index in [-0.39, 0.29) is 11.9 Å². The van der Waals surface area contributed by atoms with Crippen LogP contribution in [0.4, 0.5) is 0 Å². The molecule has 1 aliphatic heterocycles. The summed E-state index contributed by atoms with van der Waals surface area (Å²) in [6.45, 7) is 7.03. The quantitative estimate of drug-likeness (QED) is 0.621. The molecule has 0 aliphatic carbocycles. The zero-order valence-corrected chi connectivity index (χ0v) is 16.7. The van der Waals surface area contributed by atoms with Crippen molar-refractivity contribution in [3.63, 3.8) is 0 Å². The number of aromatic nitrogens is 2. The molecular weight excluding hydrogens is 358 g/mol. The number of thiazole rings is 1. The third kappa shape index (κ3) is 3.92. The highest BCUT2D eigenvalue weighted by molar-refractivity contribution is 7.20. The van der Waals surface area contributed by atoms with Crippen molar-refractivity contribution in [3.05, 3.63) is 47.8 Å². The first-order valence-electron chi connectivity index (χ1n) is 9.57. The minimum Gasteiger partial charge on any atom is -0.466 e. The van der Waals surface area contributed by atoms with Gasteiger partial charge in [0.05, 0.1) is 22.7 Å². The number of nitrogens with zero attached hydrogens (tertiary/aromatic N) is 3. The Kier molecular flexibility index (Phi) is 5.27. The van der Waals surface area contributed by atoms with Gasteiger partial charge in [-0.15, -0.1) is 0 Å². The Morgan fingerprint density at radius 2 is 2.26 bits per heavy atom. The molecule has 6 heteroatoms.